The van der Waals surface area contributed by atoms with Gasteiger partial charge in [-0.1, -0.05) is 0 Å². The van der Waals surface area contributed by atoms with Crippen LogP contribution in [0.5, 0.6) is 0 Å². The number of unbranched alkanes of at least 4 members (excludes halogenated alkanes) is 4. The molecule has 4 nitrogen and oxygen atoms in total. The van der Waals surface area contributed by atoms with E-state index in [2.05, 4.69) is 13.8 Å². The van der Waals surface area contributed by atoms with Crippen LogP contribution in [-0.2, 0) is 10.4 Å². The fourth-order valence-electron chi connectivity index (χ4n) is 1.81. The van der Waals surface area contributed by atoms with Crippen molar-refractivity contribution < 1.29 is 17.5 Å². The molecule has 1 unspecified atom stereocenters. The van der Waals surface area contributed by atoms with Gasteiger partial charge in [-0.05, 0) is 0 Å². The molecule has 0 aliphatic heterocycles. The molecule has 0 saturated carbocycles. The van der Waals surface area contributed by atoms with Gasteiger partial charge in [-0.25, -0.2) is 0 Å². The van der Waals surface area contributed by atoms with E-state index in [9.17, 15) is 0 Å². The average Bonchev–Trinajstić information content (AvgIpc) is 2.22. The maximum atomic E-state index is 8.74. The monoisotopic (exact) mass is 290 g/mol. The molecule has 0 fully saturated rings. The summed E-state index contributed by atoms with van der Waals surface area (Å²) in [5, 5.41) is 0. The molecule has 18 heavy (non-hydrogen) atoms. The van der Waals surface area contributed by atoms with Crippen molar-refractivity contribution in [2.75, 3.05) is 0 Å². The largest absolute Gasteiger partial charge is 0.394 e. The van der Waals surface area contributed by atoms with Gasteiger partial charge in [-0.15, -0.1) is 0 Å². The summed E-state index contributed by atoms with van der Waals surface area (Å²) in [6, 6.07) is 0. The van der Waals surface area contributed by atoms with Gasteiger partial charge in [-0.2, -0.15) is 8.42 Å². The molecule has 0 aromatic rings. The van der Waals surface area contributed by atoms with Gasteiger partial charge in [0.15, 0.2) is 0 Å². The first-order chi connectivity index (χ1) is 8.31. The van der Waals surface area contributed by atoms with Crippen LogP contribution >= 0.6 is 0 Å². The fraction of sp³-hybridized carbons (Fsp3) is 1.00. The third kappa shape index (κ3) is 30.2. The zero-order chi connectivity index (χ0) is 14.4. The van der Waals surface area contributed by atoms with Gasteiger partial charge in [0.05, 0.1) is 0 Å². The van der Waals surface area contributed by atoms with Crippen molar-refractivity contribution in [3.63, 3.8) is 0 Å². The van der Waals surface area contributed by atoms with Gasteiger partial charge in [0.1, 0.15) is 0 Å². The summed E-state index contributed by atoms with van der Waals surface area (Å²) >= 11 is 1.40. The standard InChI is InChI=1S/C12H25.Na.H2O4S/c1-4-6-8-9-11-12(3)10-7-5-2;;1-5(2,3)4/h12H,2,4-11H2,1,3H3;;(H2,1,2,3,4). The first-order valence-corrected chi connectivity index (χ1v) is 9.82. The Morgan fingerprint density at radius 2 is 1.44 bits per heavy atom. The molecule has 2 N–H and O–H groups in total. The zero-order valence-corrected chi connectivity index (χ0v) is 14.9. The quantitative estimate of drug-likeness (QED) is 0.386. The predicted octanol–water partition coefficient (Wildman–Crippen LogP) is 3.70. The summed E-state index contributed by atoms with van der Waals surface area (Å²) in [5.41, 5.74) is 0. The maximum absolute atomic E-state index is 8.74. The van der Waals surface area contributed by atoms with Crippen LogP contribution in [0.25, 0.3) is 0 Å². The summed E-state index contributed by atoms with van der Waals surface area (Å²) in [4.78, 5) is 0. The van der Waals surface area contributed by atoms with Crippen LogP contribution in [0.15, 0.2) is 0 Å². The van der Waals surface area contributed by atoms with Crippen LogP contribution in [0.2, 0.25) is 3.67 Å². The maximum Gasteiger partial charge on any atom is 0.394 e. The third-order valence-corrected chi connectivity index (χ3v) is 3.56. The van der Waals surface area contributed by atoms with E-state index < -0.39 is 10.4 Å². The Labute approximate surface area is 130 Å². The molecule has 1 atom stereocenters. The van der Waals surface area contributed by atoms with E-state index in [1.54, 1.807) is 0 Å². The van der Waals surface area contributed by atoms with Crippen LogP contribution in [0.3, 0.4) is 0 Å². The minimum atomic E-state index is -4.67. The van der Waals surface area contributed by atoms with Crippen molar-refractivity contribution >= 4 is 38.3 Å². The summed E-state index contributed by atoms with van der Waals surface area (Å²) in [6.07, 6.45) is 11.7. The molecule has 0 aromatic carbocycles. The summed E-state index contributed by atoms with van der Waals surface area (Å²) in [5.74, 6) is 0.991. The van der Waals surface area contributed by atoms with E-state index in [-0.39, 0.29) is 0 Å². The van der Waals surface area contributed by atoms with Crippen LogP contribution in [0, 0.1) is 5.92 Å². The first-order valence-electron chi connectivity index (χ1n) is 7.01. The Hall–Kier alpha value is 0.870. The third-order valence-electron chi connectivity index (χ3n) is 2.85. The van der Waals surface area contributed by atoms with Gasteiger partial charge in [0.25, 0.3) is 0 Å². The van der Waals surface area contributed by atoms with Gasteiger partial charge in [0, 0.05) is 0 Å². The van der Waals surface area contributed by atoms with Gasteiger partial charge in [0.2, 0.25) is 0 Å². The second-order valence-electron chi connectivity index (χ2n) is 4.90. The number of hydrogen-bond acceptors (Lipinski definition) is 2. The zero-order valence-electron chi connectivity index (χ0n) is 12.1. The normalized spacial score (nSPS) is 12.8. The minimum Gasteiger partial charge on any atom is -0.264 e. The summed E-state index contributed by atoms with van der Waals surface area (Å²) in [6.45, 7) is 4.72. The van der Waals surface area contributed by atoms with Crippen molar-refractivity contribution in [1.29, 1.82) is 0 Å². The molecular weight excluding hydrogens is 263 g/mol. The molecule has 0 aromatic heterocycles. The van der Waals surface area contributed by atoms with E-state index in [1.165, 1.54) is 83.0 Å². The molecule has 0 amide bonds. The van der Waals surface area contributed by atoms with Crippen LogP contribution < -0.4 is 0 Å². The minimum absolute atomic E-state index is 0.991. The molecule has 0 radical (unpaired) electrons. The van der Waals surface area contributed by atoms with Crippen molar-refractivity contribution in [2.45, 2.75) is 68.9 Å². The summed E-state index contributed by atoms with van der Waals surface area (Å²) in [7, 11) is -4.67. The average molecular weight is 290 g/mol. The van der Waals surface area contributed by atoms with Gasteiger partial charge in [-0.3, -0.25) is 9.11 Å². The van der Waals surface area contributed by atoms with Crippen LogP contribution in [-0.4, -0.2) is 45.5 Å². The smallest absolute Gasteiger partial charge is 0.264 e. The Morgan fingerprint density at radius 3 is 1.83 bits per heavy atom. The number of hydrogen-bond donors (Lipinski definition) is 2. The van der Waals surface area contributed by atoms with Crippen molar-refractivity contribution in [1.82, 2.24) is 0 Å². The Bertz CT molecular complexity index is 247. The van der Waals surface area contributed by atoms with Crippen molar-refractivity contribution in [3.05, 3.63) is 0 Å². The molecule has 0 aliphatic rings. The van der Waals surface area contributed by atoms with E-state index in [0.29, 0.717) is 0 Å². The molecule has 0 spiro atoms. The van der Waals surface area contributed by atoms with E-state index in [0.717, 1.165) is 5.92 Å². The van der Waals surface area contributed by atoms with Crippen molar-refractivity contribution in [3.8, 4) is 0 Å². The second kappa shape index (κ2) is 14.3. The summed E-state index contributed by atoms with van der Waals surface area (Å²) < 4.78 is 33.1. The molecule has 106 valence electrons. The predicted molar refractivity (Wildman–Crippen MR) is 76.5 cm³/mol. The first kappa shape index (κ1) is 21.2. The Balaban J connectivity index is 0. The SMILES string of the molecule is CCCCCCC(C)CCC[CH2][Na].O=S(=O)(O)O. The van der Waals surface area contributed by atoms with Crippen LogP contribution in [0.1, 0.15) is 65.2 Å². The molecule has 0 rings (SSSR count). The fourth-order valence-corrected chi connectivity index (χ4v) is 2.31. The van der Waals surface area contributed by atoms with Crippen LogP contribution in [0.4, 0.5) is 0 Å². The molecule has 0 saturated heterocycles. The Morgan fingerprint density at radius 1 is 1.00 bits per heavy atom. The second-order valence-corrected chi connectivity index (χ2v) is 6.79. The van der Waals surface area contributed by atoms with Crippen molar-refractivity contribution in [2.24, 2.45) is 5.92 Å². The topological polar surface area (TPSA) is 74.6 Å². The molecule has 0 aliphatic carbocycles. The molecule has 6 heteroatoms. The molecule has 0 bridgehead atoms. The molecule has 0 heterocycles. The van der Waals surface area contributed by atoms with E-state index in [4.69, 9.17) is 17.5 Å². The van der Waals surface area contributed by atoms with Gasteiger partial charge >= 0.3 is 113 Å². The van der Waals surface area contributed by atoms with Gasteiger partial charge < -0.3 is 0 Å². The molecular formula is C12H27NaO4S. The van der Waals surface area contributed by atoms with E-state index >= 15 is 0 Å². The Kier molecular flexibility index (Phi) is 16.8. The van der Waals surface area contributed by atoms with E-state index in [1.807, 2.05) is 0 Å². The number of rotatable bonds is 9.